The third-order valence-electron chi connectivity index (χ3n) is 6.49. The van der Waals surface area contributed by atoms with Crippen LogP contribution in [0.4, 0.5) is 0 Å². The normalized spacial score (nSPS) is 10.1. The molecule has 55 heavy (non-hydrogen) atoms. The number of thiol groups is 1. The number of nitrogens with zero attached hydrogens (tertiary/aromatic N) is 5. The minimum atomic E-state index is -3.57. The van der Waals surface area contributed by atoms with Crippen molar-refractivity contribution in [3.8, 4) is 5.40 Å². The Bertz CT molecular complexity index is 2010. The van der Waals surface area contributed by atoms with Gasteiger partial charge in [0.15, 0.2) is 4.34 Å². The van der Waals surface area contributed by atoms with Crippen molar-refractivity contribution in [3.05, 3.63) is 168 Å². The van der Waals surface area contributed by atoms with E-state index in [1.165, 1.54) is 38.5 Å². The molecule has 0 aliphatic heterocycles. The molecular weight excluding hydrogens is 817 g/mol. The molecule has 0 N–H and O–H groups in total. The molecule has 0 saturated heterocycles. The first-order valence-electron chi connectivity index (χ1n) is 16.3. The summed E-state index contributed by atoms with van der Waals surface area (Å²) in [5.41, 5.74) is 5.00. The van der Waals surface area contributed by atoms with Gasteiger partial charge in [-0.2, -0.15) is 12.8 Å². The van der Waals surface area contributed by atoms with E-state index in [2.05, 4.69) is 111 Å². The zero-order valence-electron chi connectivity index (χ0n) is 31.0. The molecule has 0 atom stereocenters. The van der Waals surface area contributed by atoms with E-state index in [1.54, 1.807) is 24.2 Å². The van der Waals surface area contributed by atoms with Crippen LogP contribution in [0, 0.1) is 24.5 Å². The second-order valence-corrected chi connectivity index (χ2v) is 15.8. The molecule has 0 fully saturated rings. The molecule has 8 nitrogen and oxygen atoms in total. The van der Waals surface area contributed by atoms with Gasteiger partial charge >= 0.3 is 39.7 Å². The van der Waals surface area contributed by atoms with Gasteiger partial charge in [-0.3, -0.25) is 9.27 Å². The average Bonchev–Trinajstić information content (AvgIpc) is 3.64. The number of nitriles is 1. The Hall–Kier alpha value is -3.29. The number of aromatic nitrogens is 3. The molecule has 0 aliphatic rings. The zero-order valence-corrected chi connectivity index (χ0v) is 37.9. The molecule has 0 saturated carbocycles. The van der Waals surface area contributed by atoms with Crippen LogP contribution in [0.5, 0.6) is 0 Å². The predicted octanol–water partition coefficient (Wildman–Crippen LogP) is 7.31. The standard InChI is InChI=1S/C17H16N2S2.C10H12ClNO3S.C7H8S.C5H5N.CHNS.Na/c1-13-7-10-15(11-8-13)20-17-18-16(19-21-17)12-9-14-5-3-2-4-6-14;1-16(13,14)15-12-10(11)8-7-9-5-3-2-4-6-9;1-6-2-4-7(8)5-3-6;1-2-4-6-5-3-1;2-1-3;/h2-8,10-11H,9,12H2,1H3;2-6H,7-8H2,1H3;2-5,8H,1H3;1-5H;3H;/q;;;;;+1/p-1/b;12-10+;;;;. The molecule has 0 aliphatic carbocycles. The van der Waals surface area contributed by atoms with Crippen molar-refractivity contribution in [2.45, 2.75) is 53.7 Å². The Kier molecular flexibility index (Phi) is 27.1. The minimum absolute atomic E-state index is 0. The fraction of sp³-hybridized carbons (Fsp3) is 0.175. The Morgan fingerprint density at radius 3 is 1.78 bits per heavy atom. The number of pyridine rings is 1. The van der Waals surface area contributed by atoms with E-state index in [0.717, 1.165) is 39.7 Å². The molecule has 15 heteroatoms. The summed E-state index contributed by atoms with van der Waals surface area (Å²) in [5.74, 6) is 0.943. The Morgan fingerprint density at radius 1 is 0.836 bits per heavy atom. The van der Waals surface area contributed by atoms with Crippen molar-refractivity contribution in [1.82, 2.24) is 14.3 Å². The van der Waals surface area contributed by atoms with E-state index in [9.17, 15) is 8.42 Å². The summed E-state index contributed by atoms with van der Waals surface area (Å²) in [6.45, 7) is 4.16. The zero-order chi connectivity index (χ0) is 39.4. The van der Waals surface area contributed by atoms with E-state index in [-0.39, 0.29) is 34.7 Å². The summed E-state index contributed by atoms with van der Waals surface area (Å²) in [4.78, 5) is 10.6. The van der Waals surface area contributed by atoms with Gasteiger partial charge in [0, 0.05) is 35.0 Å². The van der Waals surface area contributed by atoms with Crippen molar-refractivity contribution in [1.29, 1.82) is 5.26 Å². The Labute approximate surface area is 372 Å². The number of oxime groups is 1. The summed E-state index contributed by atoms with van der Waals surface area (Å²) in [7, 11) is -3.57. The second-order valence-electron chi connectivity index (χ2n) is 11.1. The van der Waals surface area contributed by atoms with Gasteiger partial charge in [0.1, 0.15) is 11.0 Å². The number of halogens is 1. The summed E-state index contributed by atoms with van der Waals surface area (Å²) in [6.07, 6.45) is 7.44. The maximum absolute atomic E-state index is 10.6. The number of aryl methyl sites for hydroxylation is 5. The Balaban J connectivity index is 0.000000390. The van der Waals surface area contributed by atoms with Gasteiger partial charge in [0.2, 0.25) is 0 Å². The van der Waals surface area contributed by atoms with Gasteiger partial charge < -0.3 is 12.6 Å². The van der Waals surface area contributed by atoms with Gasteiger partial charge in [-0.25, -0.2) is 10.2 Å². The van der Waals surface area contributed by atoms with Crippen LogP contribution in [-0.2, 0) is 46.3 Å². The van der Waals surface area contributed by atoms with Crippen molar-refractivity contribution < 1.29 is 42.3 Å². The molecule has 4 aromatic carbocycles. The van der Waals surface area contributed by atoms with Gasteiger partial charge in [0.05, 0.1) is 6.26 Å². The molecule has 0 amide bonds. The van der Waals surface area contributed by atoms with Crippen LogP contribution >= 0.6 is 47.5 Å². The average molecular weight is 859 g/mol. The summed E-state index contributed by atoms with van der Waals surface area (Å²) >= 11 is 16.7. The van der Waals surface area contributed by atoms with Gasteiger partial charge in [-0.15, -0.1) is 12.6 Å². The molecule has 0 spiro atoms. The summed E-state index contributed by atoms with van der Waals surface area (Å²) in [5, 5.41) is 11.9. The fourth-order valence-electron chi connectivity index (χ4n) is 3.89. The fourth-order valence-corrected chi connectivity index (χ4v) is 6.07. The number of thiocyanates is 1. The topological polar surface area (TPSA) is 118 Å². The molecule has 0 radical (unpaired) electrons. The van der Waals surface area contributed by atoms with E-state index >= 15 is 0 Å². The predicted molar refractivity (Wildman–Crippen MR) is 229 cm³/mol. The monoisotopic (exact) mass is 857 g/mol. The second kappa shape index (κ2) is 29.9. The van der Waals surface area contributed by atoms with Crippen LogP contribution in [0.1, 0.15) is 34.5 Å². The third kappa shape index (κ3) is 26.2. The number of hydrogen-bond acceptors (Lipinski definition) is 12. The molecular formula is C40H41ClN5NaO3S5. The van der Waals surface area contributed by atoms with Crippen molar-refractivity contribution >= 4 is 75.4 Å². The molecule has 2 aromatic heterocycles. The first-order chi connectivity index (χ1) is 26.0. The van der Waals surface area contributed by atoms with Crippen LogP contribution in [0.25, 0.3) is 0 Å². The number of benzene rings is 4. The van der Waals surface area contributed by atoms with Crippen LogP contribution in [-0.4, -0.2) is 34.2 Å². The van der Waals surface area contributed by atoms with Gasteiger partial charge in [-0.05, 0) is 85.7 Å². The molecule has 0 bridgehead atoms. The smallest absolute Gasteiger partial charge is 0.696 e. The third-order valence-corrected chi connectivity index (χ3v) is 9.19. The summed E-state index contributed by atoms with van der Waals surface area (Å²) in [6, 6.07) is 42.5. The van der Waals surface area contributed by atoms with Crippen LogP contribution in [0.2, 0.25) is 0 Å². The first kappa shape index (κ1) is 49.7. The Morgan fingerprint density at radius 2 is 1.33 bits per heavy atom. The summed E-state index contributed by atoms with van der Waals surface area (Å²) < 4.78 is 30.9. The molecule has 0 unspecified atom stereocenters. The maximum Gasteiger partial charge on any atom is 1.00 e. The largest absolute Gasteiger partial charge is 1.00 e. The van der Waals surface area contributed by atoms with Crippen LogP contribution in [0.3, 0.4) is 0 Å². The van der Waals surface area contributed by atoms with Crippen molar-refractivity contribution in [2.24, 2.45) is 5.16 Å². The molecule has 6 aromatic rings. The minimum Gasteiger partial charge on any atom is -0.696 e. The number of hydrogen-bond donors (Lipinski definition) is 1. The van der Waals surface area contributed by atoms with Crippen LogP contribution in [0.15, 0.2) is 159 Å². The maximum atomic E-state index is 10.6. The quantitative estimate of drug-likeness (QED) is 0.0378. The first-order valence-corrected chi connectivity index (χ1v) is 21.0. The molecule has 6 rings (SSSR count). The number of rotatable bonds is 10. The van der Waals surface area contributed by atoms with Crippen LogP contribution < -0.4 is 29.6 Å². The van der Waals surface area contributed by atoms with E-state index in [1.807, 2.05) is 78.9 Å². The van der Waals surface area contributed by atoms with Gasteiger partial charge in [0.25, 0.3) is 0 Å². The van der Waals surface area contributed by atoms with Crippen molar-refractivity contribution in [2.75, 3.05) is 6.26 Å². The molecule has 282 valence electrons. The van der Waals surface area contributed by atoms with Gasteiger partial charge in [-0.1, -0.05) is 136 Å². The van der Waals surface area contributed by atoms with E-state index in [4.69, 9.17) is 16.9 Å². The van der Waals surface area contributed by atoms with E-state index < -0.39 is 10.1 Å². The molecule has 2 heterocycles. The SMILES string of the molecule is CS(=O)(=O)O/N=C(/Cl)CCc1ccccc1.Cc1ccc(S)cc1.Cc1ccc(Sc2nc(CCc3ccccc3)ns2)cc1.N#C[S-].[Na+].c1ccncc1. The van der Waals surface area contributed by atoms with Crippen molar-refractivity contribution in [3.63, 3.8) is 0 Å². The van der Waals surface area contributed by atoms with E-state index in [0.29, 0.717) is 12.8 Å².